The Labute approximate surface area is 95.8 Å². The summed E-state index contributed by atoms with van der Waals surface area (Å²) in [6.07, 6.45) is 7.75. The van der Waals surface area contributed by atoms with Crippen molar-refractivity contribution in [3.8, 4) is 0 Å². The molecule has 0 aromatic carbocycles. The normalized spacial score (nSPS) is 19.6. The van der Waals surface area contributed by atoms with Gasteiger partial charge < -0.3 is 0 Å². The molecule has 84 valence electrons. The van der Waals surface area contributed by atoms with Crippen LogP contribution in [0.5, 0.6) is 0 Å². The summed E-state index contributed by atoms with van der Waals surface area (Å²) in [5.41, 5.74) is 0.293. The average molecular weight is 228 g/mol. The van der Waals surface area contributed by atoms with E-state index in [4.69, 9.17) is 11.6 Å². The zero-order valence-electron chi connectivity index (χ0n) is 9.25. The van der Waals surface area contributed by atoms with Gasteiger partial charge >= 0.3 is 0 Å². The Morgan fingerprint density at radius 3 is 2.80 bits per heavy atom. The Morgan fingerprint density at radius 1 is 1.47 bits per heavy atom. The molecule has 1 heterocycles. The molecule has 0 amide bonds. The van der Waals surface area contributed by atoms with Crippen molar-refractivity contribution in [3.05, 3.63) is 12.2 Å². The molecule has 0 bridgehead atoms. The maximum atomic E-state index is 6.12. The van der Waals surface area contributed by atoms with Gasteiger partial charge in [-0.05, 0) is 25.2 Å². The average Bonchev–Trinajstić information content (AvgIpc) is 2.88. The first-order valence-corrected chi connectivity index (χ1v) is 6.26. The first-order chi connectivity index (χ1) is 7.29. The SMILES string of the molecule is CCn1ncnc1CC1(CCl)CCCC1. The molecule has 0 aliphatic heterocycles. The molecule has 1 aliphatic carbocycles. The topological polar surface area (TPSA) is 30.7 Å². The number of rotatable bonds is 4. The van der Waals surface area contributed by atoms with Gasteiger partial charge in [-0.2, -0.15) is 5.10 Å². The van der Waals surface area contributed by atoms with Crippen molar-refractivity contribution < 1.29 is 0 Å². The molecular weight excluding hydrogens is 210 g/mol. The van der Waals surface area contributed by atoms with Gasteiger partial charge in [-0.15, -0.1) is 11.6 Å². The van der Waals surface area contributed by atoms with Gasteiger partial charge in [0.2, 0.25) is 0 Å². The van der Waals surface area contributed by atoms with Crippen LogP contribution in [0.4, 0.5) is 0 Å². The van der Waals surface area contributed by atoms with Gasteiger partial charge in [0, 0.05) is 18.8 Å². The van der Waals surface area contributed by atoms with E-state index >= 15 is 0 Å². The second-order valence-corrected chi connectivity index (χ2v) is 4.78. The summed E-state index contributed by atoms with van der Waals surface area (Å²) in [6.45, 7) is 2.99. The highest BCUT2D eigenvalue weighted by Gasteiger charge is 2.34. The summed E-state index contributed by atoms with van der Waals surface area (Å²) in [4.78, 5) is 4.34. The smallest absolute Gasteiger partial charge is 0.138 e. The van der Waals surface area contributed by atoms with Gasteiger partial charge in [0.05, 0.1) is 0 Å². The van der Waals surface area contributed by atoms with Crippen molar-refractivity contribution in [1.29, 1.82) is 0 Å². The Kier molecular flexibility index (Phi) is 3.29. The van der Waals surface area contributed by atoms with Gasteiger partial charge in [-0.3, -0.25) is 4.68 Å². The molecule has 0 N–H and O–H groups in total. The summed E-state index contributed by atoms with van der Waals surface area (Å²) < 4.78 is 1.98. The minimum absolute atomic E-state index is 0.293. The third kappa shape index (κ3) is 2.17. The van der Waals surface area contributed by atoms with E-state index in [-0.39, 0.29) is 0 Å². The van der Waals surface area contributed by atoms with Crippen LogP contribution in [0.15, 0.2) is 6.33 Å². The summed E-state index contributed by atoms with van der Waals surface area (Å²) in [5, 5.41) is 4.20. The Bertz CT molecular complexity index is 315. The largest absolute Gasteiger partial charge is 0.250 e. The Balaban J connectivity index is 2.12. The van der Waals surface area contributed by atoms with E-state index in [0.717, 1.165) is 24.7 Å². The van der Waals surface area contributed by atoms with Crippen LogP contribution >= 0.6 is 11.6 Å². The first kappa shape index (κ1) is 10.9. The highest BCUT2D eigenvalue weighted by molar-refractivity contribution is 6.18. The molecule has 1 saturated carbocycles. The molecule has 1 aromatic heterocycles. The maximum Gasteiger partial charge on any atom is 0.138 e. The minimum Gasteiger partial charge on any atom is -0.250 e. The molecule has 0 atom stereocenters. The molecule has 2 rings (SSSR count). The molecule has 1 fully saturated rings. The van der Waals surface area contributed by atoms with Gasteiger partial charge in [-0.25, -0.2) is 4.98 Å². The van der Waals surface area contributed by atoms with Gasteiger partial charge in [-0.1, -0.05) is 12.8 Å². The highest BCUT2D eigenvalue weighted by atomic mass is 35.5. The Hall–Kier alpha value is -0.570. The number of aromatic nitrogens is 3. The molecule has 3 nitrogen and oxygen atoms in total. The lowest BCUT2D eigenvalue weighted by Crippen LogP contribution is -2.24. The van der Waals surface area contributed by atoms with E-state index < -0.39 is 0 Å². The van der Waals surface area contributed by atoms with Gasteiger partial charge in [0.1, 0.15) is 12.2 Å². The van der Waals surface area contributed by atoms with Crippen molar-refractivity contribution >= 4 is 11.6 Å². The molecular formula is C11H18ClN3. The standard InChI is InChI=1S/C11H18ClN3/c1-2-15-10(13-9-14-15)7-11(8-12)5-3-4-6-11/h9H,2-8H2,1H3. The van der Waals surface area contributed by atoms with Crippen LogP contribution in [0.25, 0.3) is 0 Å². The minimum atomic E-state index is 0.293. The molecule has 0 unspecified atom stereocenters. The molecule has 0 radical (unpaired) electrons. The fourth-order valence-corrected chi connectivity index (χ4v) is 2.87. The molecule has 4 heteroatoms. The second kappa shape index (κ2) is 4.52. The molecule has 0 spiro atoms. The number of hydrogen-bond acceptors (Lipinski definition) is 2. The van der Waals surface area contributed by atoms with E-state index in [1.54, 1.807) is 6.33 Å². The number of alkyl halides is 1. The van der Waals surface area contributed by atoms with Crippen molar-refractivity contribution in [2.75, 3.05) is 5.88 Å². The predicted molar refractivity (Wildman–Crippen MR) is 61.0 cm³/mol. The molecule has 1 aliphatic rings. The van der Waals surface area contributed by atoms with E-state index in [9.17, 15) is 0 Å². The monoisotopic (exact) mass is 227 g/mol. The molecule has 15 heavy (non-hydrogen) atoms. The van der Waals surface area contributed by atoms with Crippen LogP contribution in [-0.4, -0.2) is 20.6 Å². The fraction of sp³-hybridized carbons (Fsp3) is 0.818. The third-order valence-corrected chi connectivity index (χ3v) is 4.04. The summed E-state index contributed by atoms with van der Waals surface area (Å²) >= 11 is 6.12. The number of halogens is 1. The van der Waals surface area contributed by atoms with Crippen LogP contribution in [0, 0.1) is 5.41 Å². The first-order valence-electron chi connectivity index (χ1n) is 5.72. The van der Waals surface area contributed by atoms with E-state index in [0.29, 0.717) is 5.41 Å². The lowest BCUT2D eigenvalue weighted by atomic mass is 9.84. The summed E-state index contributed by atoms with van der Waals surface area (Å²) in [7, 11) is 0. The third-order valence-electron chi connectivity index (χ3n) is 3.48. The quantitative estimate of drug-likeness (QED) is 0.741. The summed E-state index contributed by atoms with van der Waals surface area (Å²) in [6, 6.07) is 0. The lowest BCUT2D eigenvalue weighted by molar-refractivity contribution is 0.326. The lowest BCUT2D eigenvalue weighted by Gasteiger charge is -2.25. The highest BCUT2D eigenvalue weighted by Crippen LogP contribution is 2.41. The molecule has 1 aromatic rings. The number of aryl methyl sites for hydroxylation is 1. The maximum absolute atomic E-state index is 6.12. The predicted octanol–water partition coefficient (Wildman–Crippen LogP) is 2.64. The van der Waals surface area contributed by atoms with E-state index in [1.165, 1.54) is 25.7 Å². The van der Waals surface area contributed by atoms with Crippen molar-refractivity contribution in [2.24, 2.45) is 5.41 Å². The van der Waals surface area contributed by atoms with Crippen LogP contribution < -0.4 is 0 Å². The number of nitrogens with zero attached hydrogens (tertiary/aromatic N) is 3. The van der Waals surface area contributed by atoms with Crippen molar-refractivity contribution in [1.82, 2.24) is 14.8 Å². The Morgan fingerprint density at radius 2 is 2.20 bits per heavy atom. The van der Waals surface area contributed by atoms with Gasteiger partial charge in [0.15, 0.2) is 0 Å². The van der Waals surface area contributed by atoms with E-state index in [1.807, 2.05) is 4.68 Å². The summed E-state index contributed by atoms with van der Waals surface area (Å²) in [5.74, 6) is 1.85. The van der Waals surface area contributed by atoms with Crippen molar-refractivity contribution in [2.45, 2.75) is 45.6 Å². The zero-order valence-corrected chi connectivity index (χ0v) is 10.0. The second-order valence-electron chi connectivity index (χ2n) is 4.51. The van der Waals surface area contributed by atoms with Crippen LogP contribution in [-0.2, 0) is 13.0 Å². The van der Waals surface area contributed by atoms with Crippen LogP contribution in [0.1, 0.15) is 38.4 Å². The van der Waals surface area contributed by atoms with Gasteiger partial charge in [0.25, 0.3) is 0 Å². The fourth-order valence-electron chi connectivity index (χ4n) is 2.51. The number of hydrogen-bond donors (Lipinski definition) is 0. The zero-order chi connectivity index (χ0) is 10.7. The van der Waals surface area contributed by atoms with Crippen LogP contribution in [0.3, 0.4) is 0 Å². The van der Waals surface area contributed by atoms with Crippen molar-refractivity contribution in [3.63, 3.8) is 0 Å². The molecule has 0 saturated heterocycles. The van der Waals surface area contributed by atoms with Crippen LogP contribution in [0.2, 0.25) is 0 Å². The van der Waals surface area contributed by atoms with E-state index in [2.05, 4.69) is 17.0 Å².